The Hall–Kier alpha value is -3.51. The molecule has 1 heterocycles. The molecule has 30 heavy (non-hydrogen) atoms. The Balaban J connectivity index is 1.36. The molecular weight excluding hydrogens is 396 g/mol. The minimum Gasteiger partial charge on any atom is -0.484 e. The fourth-order valence-corrected chi connectivity index (χ4v) is 4.25. The van der Waals surface area contributed by atoms with Gasteiger partial charge in [0.2, 0.25) is 0 Å². The summed E-state index contributed by atoms with van der Waals surface area (Å²) >= 11 is 1.44. The molecule has 0 fully saturated rings. The zero-order chi connectivity index (χ0) is 21.1. The van der Waals surface area contributed by atoms with Crippen LogP contribution in [0.25, 0.3) is 10.2 Å². The van der Waals surface area contributed by atoms with Crippen LogP contribution in [0.1, 0.15) is 27.0 Å². The number of nitrogens with one attached hydrogen (secondary N) is 1. The van der Waals surface area contributed by atoms with E-state index in [1.54, 1.807) is 36.4 Å². The van der Waals surface area contributed by atoms with Crippen LogP contribution in [0, 0.1) is 13.8 Å². The Morgan fingerprint density at radius 1 is 0.967 bits per heavy atom. The van der Waals surface area contributed by atoms with Gasteiger partial charge in [-0.3, -0.25) is 14.9 Å². The third kappa shape index (κ3) is 4.39. The van der Waals surface area contributed by atoms with Crippen LogP contribution in [0.2, 0.25) is 0 Å². The quantitative estimate of drug-likeness (QED) is 0.441. The Morgan fingerprint density at radius 2 is 1.67 bits per heavy atom. The Kier molecular flexibility index (Phi) is 5.59. The number of ether oxygens (including phenoxy) is 1. The molecule has 150 valence electrons. The molecule has 1 N–H and O–H groups in total. The van der Waals surface area contributed by atoms with Crippen LogP contribution < -0.4 is 10.1 Å². The fourth-order valence-electron chi connectivity index (χ4n) is 3.19. The third-order valence-corrected chi connectivity index (χ3v) is 5.52. The molecule has 3 aromatic carbocycles. The lowest BCUT2D eigenvalue weighted by molar-refractivity contribution is -0.118. The molecule has 4 rings (SSSR count). The lowest BCUT2D eigenvalue weighted by Crippen LogP contribution is -2.20. The first-order valence-corrected chi connectivity index (χ1v) is 10.3. The summed E-state index contributed by atoms with van der Waals surface area (Å²) in [5.41, 5.74) is 4.35. The summed E-state index contributed by atoms with van der Waals surface area (Å²) in [4.78, 5) is 29.2. The monoisotopic (exact) mass is 416 g/mol. The SMILES string of the molecule is Cc1cc(C)c2nc(NC(=O)COc3ccc(C(=O)c4ccccc4)cc3)sc2c1. The normalized spacial score (nSPS) is 10.7. The lowest BCUT2D eigenvalue weighted by atomic mass is 10.0. The van der Waals surface area contributed by atoms with Crippen LogP contribution in [0.3, 0.4) is 0 Å². The van der Waals surface area contributed by atoms with Crippen LogP contribution in [-0.2, 0) is 4.79 Å². The van der Waals surface area contributed by atoms with Gasteiger partial charge in [0.1, 0.15) is 5.75 Å². The molecule has 6 heteroatoms. The number of carbonyl (C=O) groups excluding carboxylic acids is 2. The van der Waals surface area contributed by atoms with E-state index in [1.165, 1.54) is 16.9 Å². The smallest absolute Gasteiger partial charge is 0.264 e. The molecule has 0 aliphatic heterocycles. The molecule has 0 bridgehead atoms. The molecule has 0 saturated heterocycles. The van der Waals surface area contributed by atoms with Crippen LogP contribution in [-0.4, -0.2) is 23.3 Å². The van der Waals surface area contributed by atoms with Gasteiger partial charge in [-0.15, -0.1) is 0 Å². The average Bonchev–Trinajstić information content (AvgIpc) is 3.15. The van der Waals surface area contributed by atoms with Crippen molar-refractivity contribution in [2.24, 2.45) is 0 Å². The highest BCUT2D eigenvalue weighted by molar-refractivity contribution is 7.22. The standard InChI is InChI=1S/C24H20N2O3S/c1-15-12-16(2)22-20(13-15)30-24(26-22)25-21(27)14-29-19-10-8-18(9-11-19)23(28)17-6-4-3-5-7-17/h3-13H,14H2,1-2H3,(H,25,26,27). The molecule has 0 saturated carbocycles. The van der Waals surface area contributed by atoms with Crippen LogP contribution in [0.5, 0.6) is 5.75 Å². The fraction of sp³-hybridized carbons (Fsp3) is 0.125. The van der Waals surface area contributed by atoms with Gasteiger partial charge in [-0.25, -0.2) is 4.98 Å². The Labute approximate surface area is 178 Å². The zero-order valence-corrected chi connectivity index (χ0v) is 17.5. The molecule has 4 aromatic rings. The molecule has 0 aliphatic carbocycles. The topological polar surface area (TPSA) is 68.3 Å². The average molecular weight is 417 g/mol. The Bertz CT molecular complexity index is 1210. The summed E-state index contributed by atoms with van der Waals surface area (Å²) in [6.45, 7) is 3.91. The van der Waals surface area contributed by atoms with E-state index in [0.717, 1.165) is 15.8 Å². The molecule has 1 amide bonds. The highest BCUT2D eigenvalue weighted by Crippen LogP contribution is 2.29. The number of ketones is 1. The van der Waals surface area contributed by atoms with Gasteiger partial charge in [0.25, 0.3) is 5.91 Å². The first-order valence-electron chi connectivity index (χ1n) is 9.50. The minimum absolute atomic E-state index is 0.0544. The van der Waals surface area contributed by atoms with Crippen molar-refractivity contribution in [2.75, 3.05) is 11.9 Å². The first-order chi connectivity index (χ1) is 14.5. The molecule has 0 aliphatic rings. The van der Waals surface area contributed by atoms with E-state index in [1.807, 2.05) is 32.0 Å². The molecule has 0 spiro atoms. The number of anilines is 1. The van der Waals surface area contributed by atoms with Gasteiger partial charge in [-0.1, -0.05) is 47.7 Å². The summed E-state index contributed by atoms with van der Waals surface area (Å²) in [6.07, 6.45) is 0. The number of aromatic nitrogens is 1. The molecule has 0 radical (unpaired) electrons. The number of fused-ring (bicyclic) bond motifs is 1. The zero-order valence-electron chi connectivity index (χ0n) is 16.6. The second kappa shape index (κ2) is 8.47. The van der Waals surface area contributed by atoms with Gasteiger partial charge in [-0.05, 0) is 55.3 Å². The number of nitrogens with zero attached hydrogens (tertiary/aromatic N) is 1. The maximum absolute atomic E-state index is 12.4. The van der Waals surface area contributed by atoms with Gasteiger partial charge in [-0.2, -0.15) is 0 Å². The van der Waals surface area contributed by atoms with E-state index >= 15 is 0 Å². The number of thiazole rings is 1. The maximum Gasteiger partial charge on any atom is 0.264 e. The highest BCUT2D eigenvalue weighted by atomic mass is 32.1. The van der Waals surface area contributed by atoms with E-state index < -0.39 is 0 Å². The molecular formula is C24H20N2O3S. The van der Waals surface area contributed by atoms with Crippen molar-refractivity contribution in [1.82, 2.24) is 4.98 Å². The van der Waals surface area contributed by atoms with Crippen LogP contribution >= 0.6 is 11.3 Å². The van der Waals surface area contributed by atoms with Gasteiger partial charge >= 0.3 is 0 Å². The first kappa shape index (κ1) is 19.8. The van der Waals surface area contributed by atoms with Crippen molar-refractivity contribution in [3.63, 3.8) is 0 Å². The number of carbonyl (C=O) groups is 2. The van der Waals surface area contributed by atoms with Crippen LogP contribution in [0.4, 0.5) is 5.13 Å². The molecule has 1 aromatic heterocycles. The van der Waals surface area contributed by atoms with E-state index in [4.69, 9.17) is 4.74 Å². The highest BCUT2D eigenvalue weighted by Gasteiger charge is 2.12. The summed E-state index contributed by atoms with van der Waals surface area (Å²) in [6, 6.07) is 20.0. The predicted molar refractivity (Wildman–Crippen MR) is 120 cm³/mol. The predicted octanol–water partition coefficient (Wildman–Crippen LogP) is 5.16. The number of benzene rings is 3. The van der Waals surface area contributed by atoms with Crippen molar-refractivity contribution in [3.8, 4) is 5.75 Å². The van der Waals surface area contributed by atoms with E-state index in [-0.39, 0.29) is 18.3 Å². The van der Waals surface area contributed by atoms with Gasteiger partial charge in [0.05, 0.1) is 10.2 Å². The van der Waals surface area contributed by atoms with Gasteiger partial charge in [0, 0.05) is 11.1 Å². The van der Waals surface area contributed by atoms with E-state index in [0.29, 0.717) is 22.0 Å². The Morgan fingerprint density at radius 3 is 2.40 bits per heavy atom. The number of hydrogen-bond donors (Lipinski definition) is 1. The van der Waals surface area contributed by atoms with Crippen LogP contribution in [0.15, 0.2) is 66.7 Å². The summed E-state index contributed by atoms with van der Waals surface area (Å²) in [7, 11) is 0. The summed E-state index contributed by atoms with van der Waals surface area (Å²) < 4.78 is 6.59. The van der Waals surface area contributed by atoms with E-state index in [9.17, 15) is 9.59 Å². The molecule has 5 nitrogen and oxygen atoms in total. The minimum atomic E-state index is -0.284. The maximum atomic E-state index is 12.4. The molecule has 0 unspecified atom stereocenters. The number of rotatable bonds is 6. The molecule has 0 atom stereocenters. The van der Waals surface area contributed by atoms with Crippen molar-refractivity contribution in [2.45, 2.75) is 13.8 Å². The van der Waals surface area contributed by atoms with Crippen molar-refractivity contribution >= 4 is 38.4 Å². The number of amides is 1. The van der Waals surface area contributed by atoms with Crippen molar-refractivity contribution < 1.29 is 14.3 Å². The second-order valence-electron chi connectivity index (χ2n) is 7.00. The van der Waals surface area contributed by atoms with E-state index in [2.05, 4.69) is 22.4 Å². The number of aryl methyl sites for hydroxylation is 2. The van der Waals surface area contributed by atoms with Gasteiger partial charge in [0.15, 0.2) is 17.5 Å². The number of hydrogen-bond acceptors (Lipinski definition) is 5. The largest absolute Gasteiger partial charge is 0.484 e. The lowest BCUT2D eigenvalue weighted by Gasteiger charge is -2.07. The van der Waals surface area contributed by atoms with Crippen molar-refractivity contribution in [3.05, 3.63) is 89.0 Å². The second-order valence-corrected chi connectivity index (χ2v) is 8.03. The van der Waals surface area contributed by atoms with Crippen molar-refractivity contribution in [1.29, 1.82) is 0 Å². The summed E-state index contributed by atoms with van der Waals surface area (Å²) in [5, 5.41) is 3.34. The van der Waals surface area contributed by atoms with Gasteiger partial charge < -0.3 is 4.74 Å². The third-order valence-electron chi connectivity index (χ3n) is 4.60. The summed E-state index contributed by atoms with van der Waals surface area (Å²) in [5.74, 6) is 0.180.